The molecule has 0 aromatic carbocycles. The quantitative estimate of drug-likeness (QED) is 0.0912. The lowest BCUT2D eigenvalue weighted by Crippen LogP contribution is -2.42. The van der Waals surface area contributed by atoms with E-state index >= 15 is 0 Å². The average Bonchev–Trinajstić information content (AvgIpc) is 3.28. The highest BCUT2D eigenvalue weighted by Gasteiger charge is 2.43. The molecule has 0 aliphatic heterocycles. The number of hydrogen-bond acceptors (Lipinski definition) is 9. The van der Waals surface area contributed by atoms with E-state index in [0.717, 1.165) is 77.0 Å². The van der Waals surface area contributed by atoms with Crippen molar-refractivity contribution in [2.75, 3.05) is 39.6 Å². The van der Waals surface area contributed by atoms with Crippen LogP contribution in [0.5, 0.6) is 0 Å². The predicted molar refractivity (Wildman–Crippen MR) is 287 cm³/mol. The zero-order valence-corrected chi connectivity index (χ0v) is 49.9. The van der Waals surface area contributed by atoms with Crippen molar-refractivity contribution in [3.8, 4) is 0 Å². The zero-order valence-electron chi connectivity index (χ0n) is 40.4. The van der Waals surface area contributed by atoms with Gasteiger partial charge in [-0.3, -0.25) is 0 Å². The molecule has 0 aromatic heterocycles. The number of alkyl halides is 6. The fourth-order valence-corrected chi connectivity index (χ4v) is 21.0. The molecule has 6 fully saturated rings. The molecule has 6 atom stereocenters. The van der Waals surface area contributed by atoms with E-state index in [0.29, 0.717) is 73.0 Å². The summed E-state index contributed by atoms with van der Waals surface area (Å²) >= 11 is 22.5. The lowest BCUT2D eigenvalue weighted by Gasteiger charge is -2.47. The molecule has 0 saturated heterocycles. The first-order valence-electron chi connectivity index (χ1n) is 26.0. The fraction of sp³-hybridized carbons (Fsp3) is 1.00. The number of aliphatic hydroxyl groups excluding tert-OH is 3. The van der Waals surface area contributed by atoms with Crippen LogP contribution in [0.4, 0.5) is 0 Å². The summed E-state index contributed by atoms with van der Waals surface area (Å²) in [6, 6.07) is 0. The molecule has 0 bridgehead atoms. The number of hydrogen-bond donors (Lipinski definition) is 3. The van der Waals surface area contributed by atoms with Gasteiger partial charge in [0.1, 0.15) is 18.3 Å². The van der Waals surface area contributed by atoms with Crippen molar-refractivity contribution < 1.29 is 43.7 Å². The molecular weight excluding hydrogens is 1240 g/mol. The number of halogens is 6. The highest BCUT2D eigenvalue weighted by Crippen LogP contribution is 2.50. The van der Waals surface area contributed by atoms with E-state index < -0.39 is 18.3 Å². The van der Waals surface area contributed by atoms with Gasteiger partial charge in [0.15, 0.2) is 0 Å². The average molecular weight is 1320 g/mol. The van der Waals surface area contributed by atoms with Crippen molar-refractivity contribution in [1.29, 1.82) is 0 Å². The van der Waals surface area contributed by atoms with E-state index in [-0.39, 0.29) is 66.8 Å². The summed E-state index contributed by atoms with van der Waals surface area (Å²) in [7, 11) is 0. The Morgan fingerprint density at radius 1 is 0.348 bits per heavy atom. The molecule has 386 valence electrons. The molecule has 15 heteroatoms. The summed E-state index contributed by atoms with van der Waals surface area (Å²) in [4.78, 5) is 2.01. The fourth-order valence-electron chi connectivity index (χ4n) is 12.7. The Labute approximate surface area is 449 Å². The van der Waals surface area contributed by atoms with Gasteiger partial charge in [-0.25, -0.2) is 0 Å². The standard InChI is InChI=1S/C51H86Br6O9/c1-50(2,33-9-17-42(18-10-33)63-27-38(59)29-65-48-44(54)21-35(52)22-45(48)55)31-5-13-40(14-6-31)61-25-37(58)26-62-41-15-7-32(8-16-41)51(3,4)34-11-19-43(20-12-34)64-28-39(60)30-66-49-46(56)23-36(53)24-47(49)57/h31-49,58-60H,5-30H2,1-4H3. The zero-order chi connectivity index (χ0) is 47.6. The maximum absolute atomic E-state index is 10.9. The molecule has 6 unspecified atom stereocenters. The van der Waals surface area contributed by atoms with E-state index in [1.807, 2.05) is 0 Å². The van der Waals surface area contributed by atoms with Crippen LogP contribution in [0, 0.1) is 34.5 Å². The molecule has 0 aromatic rings. The van der Waals surface area contributed by atoms with Gasteiger partial charge in [0.25, 0.3) is 0 Å². The Kier molecular flexibility index (Phi) is 24.4. The Balaban J connectivity index is 0.779. The van der Waals surface area contributed by atoms with Gasteiger partial charge < -0.3 is 43.7 Å². The molecule has 9 nitrogen and oxygen atoms in total. The minimum atomic E-state index is -0.612. The van der Waals surface area contributed by atoms with Gasteiger partial charge in [-0.2, -0.15) is 0 Å². The van der Waals surface area contributed by atoms with Crippen LogP contribution in [0.1, 0.15) is 156 Å². The van der Waals surface area contributed by atoms with E-state index in [2.05, 4.69) is 123 Å². The van der Waals surface area contributed by atoms with Crippen LogP contribution in [0.25, 0.3) is 0 Å². The molecule has 6 aliphatic rings. The molecule has 6 saturated carbocycles. The molecule has 0 amide bonds. The summed E-state index contributed by atoms with van der Waals surface area (Å²) in [6.45, 7) is 11.9. The van der Waals surface area contributed by atoms with E-state index in [1.54, 1.807) is 0 Å². The van der Waals surface area contributed by atoms with Crippen molar-refractivity contribution in [2.24, 2.45) is 34.5 Å². The second-order valence-electron chi connectivity index (χ2n) is 22.6. The number of aliphatic hydroxyl groups is 3. The first kappa shape index (κ1) is 57.8. The van der Waals surface area contributed by atoms with Crippen molar-refractivity contribution in [3.05, 3.63) is 0 Å². The van der Waals surface area contributed by atoms with Crippen LogP contribution < -0.4 is 0 Å². The molecule has 6 aliphatic carbocycles. The number of rotatable bonds is 22. The first-order valence-corrected chi connectivity index (χ1v) is 31.5. The van der Waals surface area contributed by atoms with Gasteiger partial charge in [-0.15, -0.1) is 0 Å². The third-order valence-electron chi connectivity index (χ3n) is 17.3. The Morgan fingerprint density at radius 3 is 0.758 bits per heavy atom. The van der Waals surface area contributed by atoms with Crippen LogP contribution in [0.15, 0.2) is 0 Å². The van der Waals surface area contributed by atoms with Gasteiger partial charge in [0.05, 0.1) is 76.3 Å². The molecule has 6 rings (SSSR count). The second-order valence-corrected chi connectivity index (χ2v) is 29.9. The topological polar surface area (TPSA) is 116 Å². The van der Waals surface area contributed by atoms with Crippen molar-refractivity contribution in [3.63, 3.8) is 0 Å². The predicted octanol–water partition coefficient (Wildman–Crippen LogP) is 12.4. The summed E-state index contributed by atoms with van der Waals surface area (Å²) in [5.41, 5.74) is 0.546. The third-order valence-corrected chi connectivity index (χ3v) is 22.4. The maximum Gasteiger partial charge on any atom is 0.101 e. The third kappa shape index (κ3) is 17.3. The largest absolute Gasteiger partial charge is 0.388 e. The molecule has 66 heavy (non-hydrogen) atoms. The second kappa shape index (κ2) is 27.9. The SMILES string of the molecule is CC(C)(C1CCC(OCC(O)COC2CCC(C(C)(C)C3CCC(OCC(O)COC4C(Br)CC(Br)CC4Br)CC3)CC2)CC1)C1CCC(OCC(O)COC2C(Br)CC(Br)CC2Br)CC1. The van der Waals surface area contributed by atoms with Gasteiger partial charge in [-0.1, -0.05) is 123 Å². The monoisotopic (exact) mass is 1320 g/mol. The highest BCUT2D eigenvalue weighted by molar-refractivity contribution is 9.11. The summed E-state index contributed by atoms with van der Waals surface area (Å²) in [5.74, 6) is 2.73. The lowest BCUT2D eigenvalue weighted by molar-refractivity contribution is -0.0915. The highest BCUT2D eigenvalue weighted by atomic mass is 79.9. The van der Waals surface area contributed by atoms with Gasteiger partial charge >= 0.3 is 0 Å². The molecule has 0 heterocycles. The molecular formula is C51H86Br6O9. The van der Waals surface area contributed by atoms with Gasteiger partial charge in [-0.05, 0) is 163 Å². The Hall–Kier alpha value is 2.52. The Bertz CT molecular complexity index is 1250. The lowest BCUT2D eigenvalue weighted by atomic mass is 9.60. The Morgan fingerprint density at radius 2 is 0.545 bits per heavy atom. The van der Waals surface area contributed by atoms with Crippen LogP contribution in [-0.4, -0.2) is 139 Å². The van der Waals surface area contributed by atoms with Crippen molar-refractivity contribution >= 4 is 95.6 Å². The summed E-state index contributed by atoms with van der Waals surface area (Å²) < 4.78 is 37.3. The van der Waals surface area contributed by atoms with Crippen LogP contribution in [0.2, 0.25) is 0 Å². The maximum atomic E-state index is 10.9. The van der Waals surface area contributed by atoms with E-state index in [4.69, 9.17) is 28.4 Å². The molecule has 0 radical (unpaired) electrons. The van der Waals surface area contributed by atoms with Gasteiger partial charge in [0.2, 0.25) is 0 Å². The van der Waals surface area contributed by atoms with Crippen molar-refractivity contribution in [1.82, 2.24) is 0 Å². The first-order chi connectivity index (χ1) is 31.4. The van der Waals surface area contributed by atoms with Gasteiger partial charge in [0, 0.05) is 29.0 Å². The van der Waals surface area contributed by atoms with Crippen LogP contribution >= 0.6 is 95.6 Å². The van der Waals surface area contributed by atoms with E-state index in [9.17, 15) is 15.3 Å². The normalized spacial score (nSPS) is 40.1. The number of ether oxygens (including phenoxy) is 6. The summed E-state index contributed by atoms with van der Waals surface area (Å²) in [6.07, 6.45) is 21.1. The van der Waals surface area contributed by atoms with Crippen molar-refractivity contribution in [2.45, 2.75) is 240 Å². The minimum Gasteiger partial charge on any atom is -0.388 e. The molecule has 3 N–H and O–H groups in total. The van der Waals surface area contributed by atoms with E-state index in [1.165, 1.54) is 51.4 Å². The summed E-state index contributed by atoms with van der Waals surface area (Å²) in [5, 5.41) is 32.2. The minimum absolute atomic E-state index is 0.0455. The van der Waals surface area contributed by atoms with Crippen LogP contribution in [-0.2, 0) is 28.4 Å². The van der Waals surface area contributed by atoms with Crippen LogP contribution in [0.3, 0.4) is 0 Å². The molecule has 0 spiro atoms. The smallest absolute Gasteiger partial charge is 0.101 e.